The number of rotatable bonds is 4. The third kappa shape index (κ3) is 7.54. The number of hydrogen-bond acceptors (Lipinski definition) is 3. The number of fused-ring (bicyclic) bond motifs is 10. The molecule has 3 nitrogen and oxygen atoms in total. The maximum Gasteiger partial charge on any atom is 0.252 e. The number of hydrogen-bond donors (Lipinski definition) is 0. The second-order valence-electron chi connectivity index (χ2n) is 31.4. The van der Waals surface area contributed by atoms with Crippen molar-refractivity contribution in [2.75, 3.05) is 14.7 Å². The Bertz CT molecular complexity index is 4060. The van der Waals surface area contributed by atoms with E-state index >= 15 is 0 Å². The van der Waals surface area contributed by atoms with Crippen LogP contribution in [-0.4, -0.2) is 12.3 Å². The third-order valence-electron chi connectivity index (χ3n) is 22.3. The average molecular weight is 1090 g/mol. The van der Waals surface area contributed by atoms with E-state index in [2.05, 4.69) is 285 Å². The smallest absolute Gasteiger partial charge is 0.252 e. The van der Waals surface area contributed by atoms with Crippen molar-refractivity contribution in [3.8, 4) is 11.1 Å². The fraction of sp³-hybridized carbons (Fsp3) is 0.392. The SMILES string of the molecule is Cc1cc2c3c(c1)N(c1ccc(C(C)(C)C)cc1-c1ccccc1)c1cc4c(cc1B3c1ccc(N3c5ccc(C(C)(C)C)cc5C5(C)CCCCC35C)cc1N2c1cc2c(cc1C)C(C)(C)CC2(C)C)C(C)(C)c1ccccc1C4(C)C. The van der Waals surface area contributed by atoms with Gasteiger partial charge < -0.3 is 14.7 Å². The average Bonchev–Trinajstić information content (AvgIpc) is 1.76. The molecule has 6 aliphatic rings. The number of benzene rings is 8. The lowest BCUT2D eigenvalue weighted by Gasteiger charge is -2.51. The maximum absolute atomic E-state index is 2.83. The first-order valence-electron chi connectivity index (χ1n) is 31.5. The normalized spacial score (nSPS) is 21.8. The minimum absolute atomic E-state index is 0.00124. The quantitative estimate of drug-likeness (QED) is 0.163. The van der Waals surface area contributed by atoms with Crippen LogP contribution in [0.25, 0.3) is 11.1 Å². The van der Waals surface area contributed by atoms with Crippen molar-refractivity contribution in [1.82, 2.24) is 0 Å². The molecule has 0 bridgehead atoms. The van der Waals surface area contributed by atoms with Gasteiger partial charge in [0.15, 0.2) is 0 Å². The van der Waals surface area contributed by atoms with E-state index in [1.54, 1.807) is 0 Å². The highest BCUT2D eigenvalue weighted by atomic mass is 15.3. The summed E-state index contributed by atoms with van der Waals surface area (Å²) in [6.07, 6.45) is 5.95. The molecule has 0 radical (unpaired) electrons. The molecule has 422 valence electrons. The highest BCUT2D eigenvalue weighted by Gasteiger charge is 2.58. The molecule has 8 aromatic rings. The third-order valence-corrected chi connectivity index (χ3v) is 22.3. The monoisotopic (exact) mass is 1090 g/mol. The van der Waals surface area contributed by atoms with E-state index in [0.29, 0.717) is 0 Å². The van der Waals surface area contributed by atoms with Crippen molar-refractivity contribution in [2.45, 2.75) is 200 Å². The van der Waals surface area contributed by atoms with Crippen molar-refractivity contribution < 1.29 is 0 Å². The van der Waals surface area contributed by atoms with Crippen molar-refractivity contribution in [3.63, 3.8) is 0 Å². The Morgan fingerprint density at radius 2 is 0.964 bits per heavy atom. The molecule has 4 heteroatoms. The highest BCUT2D eigenvalue weighted by molar-refractivity contribution is 7.00. The number of anilines is 8. The van der Waals surface area contributed by atoms with Crippen LogP contribution >= 0.6 is 0 Å². The van der Waals surface area contributed by atoms with Crippen LogP contribution in [0.15, 0.2) is 146 Å². The Morgan fingerprint density at radius 3 is 1.60 bits per heavy atom. The highest BCUT2D eigenvalue weighted by Crippen LogP contribution is 2.63. The Hall–Kier alpha value is -6.78. The number of nitrogens with zero attached hydrogens (tertiary/aromatic N) is 3. The van der Waals surface area contributed by atoms with E-state index in [0.717, 1.165) is 12.8 Å². The minimum atomic E-state index is -0.244. The van der Waals surface area contributed by atoms with Gasteiger partial charge in [-0.15, -0.1) is 0 Å². The molecule has 0 N–H and O–H groups in total. The molecule has 3 heterocycles. The fourth-order valence-corrected chi connectivity index (χ4v) is 17.7. The zero-order chi connectivity index (χ0) is 58.7. The summed E-state index contributed by atoms with van der Waals surface area (Å²) in [6, 6.07) is 58.8. The molecule has 2 atom stereocenters. The molecule has 1 fully saturated rings. The number of aryl methyl sites for hydroxylation is 2. The van der Waals surface area contributed by atoms with Crippen LogP contribution in [0.5, 0.6) is 0 Å². The second-order valence-corrected chi connectivity index (χ2v) is 31.4. The fourth-order valence-electron chi connectivity index (χ4n) is 17.7. The molecule has 0 saturated heterocycles. The molecule has 8 aromatic carbocycles. The summed E-state index contributed by atoms with van der Waals surface area (Å²) in [5, 5.41) is 0. The first-order chi connectivity index (χ1) is 39.0. The van der Waals surface area contributed by atoms with Gasteiger partial charge in [0.25, 0.3) is 6.71 Å². The van der Waals surface area contributed by atoms with E-state index in [9.17, 15) is 0 Å². The van der Waals surface area contributed by atoms with Crippen LogP contribution in [0.1, 0.15) is 204 Å². The van der Waals surface area contributed by atoms with E-state index in [1.807, 2.05) is 0 Å². The van der Waals surface area contributed by atoms with E-state index < -0.39 is 0 Å². The molecule has 3 aliphatic heterocycles. The van der Waals surface area contributed by atoms with Gasteiger partial charge in [-0.25, -0.2) is 0 Å². The summed E-state index contributed by atoms with van der Waals surface area (Å²) in [7, 11) is 0. The summed E-state index contributed by atoms with van der Waals surface area (Å²) in [4.78, 5) is 8.30. The van der Waals surface area contributed by atoms with E-state index in [4.69, 9.17) is 0 Å². The first kappa shape index (κ1) is 54.2. The maximum atomic E-state index is 2.83. The molecule has 83 heavy (non-hydrogen) atoms. The summed E-state index contributed by atoms with van der Waals surface area (Å²) < 4.78 is 0. The lowest BCUT2D eigenvalue weighted by Crippen LogP contribution is -2.62. The zero-order valence-corrected chi connectivity index (χ0v) is 53.3. The molecule has 2 unspecified atom stereocenters. The van der Waals surface area contributed by atoms with Gasteiger partial charge in [0.05, 0.1) is 11.2 Å². The molecule has 0 spiro atoms. The van der Waals surface area contributed by atoms with Gasteiger partial charge in [0, 0.05) is 61.6 Å². The molecule has 14 rings (SSSR count). The summed E-state index contributed by atoms with van der Waals surface area (Å²) >= 11 is 0. The van der Waals surface area contributed by atoms with Crippen LogP contribution in [0.3, 0.4) is 0 Å². The topological polar surface area (TPSA) is 9.72 Å². The second kappa shape index (κ2) is 17.4. The van der Waals surface area contributed by atoms with Crippen molar-refractivity contribution >= 4 is 68.6 Å². The van der Waals surface area contributed by atoms with Gasteiger partial charge in [-0.1, -0.05) is 208 Å². The largest absolute Gasteiger partial charge is 0.334 e. The van der Waals surface area contributed by atoms with Crippen LogP contribution in [-0.2, 0) is 37.9 Å². The van der Waals surface area contributed by atoms with Gasteiger partial charge in [-0.2, -0.15) is 0 Å². The Kier molecular flexibility index (Phi) is 11.4. The molecule has 0 amide bonds. The zero-order valence-electron chi connectivity index (χ0n) is 53.3. The molecule has 0 aromatic heterocycles. The van der Waals surface area contributed by atoms with Crippen LogP contribution < -0.4 is 31.1 Å². The van der Waals surface area contributed by atoms with Crippen LogP contribution in [0, 0.1) is 13.8 Å². The molecule has 1 saturated carbocycles. The van der Waals surface area contributed by atoms with Crippen molar-refractivity contribution in [2.24, 2.45) is 0 Å². The molecular formula is C79H88BN3. The summed E-state index contributed by atoms with van der Waals surface area (Å²) in [6.45, 7) is 43.9. The van der Waals surface area contributed by atoms with Crippen molar-refractivity contribution in [1.29, 1.82) is 0 Å². The Labute approximate surface area is 498 Å². The Balaban J connectivity index is 1.10. The van der Waals surface area contributed by atoms with Gasteiger partial charge in [-0.05, 0) is 199 Å². The summed E-state index contributed by atoms with van der Waals surface area (Å²) in [5.74, 6) is 0. The van der Waals surface area contributed by atoms with E-state index in [1.165, 1.54) is 153 Å². The lowest BCUT2D eigenvalue weighted by molar-refractivity contribution is 0.195. The van der Waals surface area contributed by atoms with Gasteiger partial charge in [0.2, 0.25) is 0 Å². The lowest BCUT2D eigenvalue weighted by atomic mass is 9.33. The van der Waals surface area contributed by atoms with Crippen molar-refractivity contribution in [3.05, 3.63) is 207 Å². The van der Waals surface area contributed by atoms with Crippen LogP contribution in [0.4, 0.5) is 45.5 Å². The standard InChI is InChI=1S/C79H88BN3/c1-48-38-69-71-70(39-48)82(66-45-58-57(40-49(66)2)74(9,10)47-75(58,11)12)67-43-53(83-65-35-31-52(73(6,7)8)42-61(65)78(17)36-24-25-37-79(78,83)18)32-33-62(67)80(71)63-44-59-60(77(15,16)56-29-23-22-28-55(56)76(59,13)14)46-68(63)81(69)64-34-30-51(72(3,4)5)41-54(64)50-26-20-19-21-27-50/h19-23,26-35,38-46H,24-25,36-37,47H2,1-18H3. The Morgan fingerprint density at radius 1 is 0.422 bits per heavy atom. The van der Waals surface area contributed by atoms with Gasteiger partial charge >= 0.3 is 0 Å². The molecule has 3 aliphatic carbocycles. The van der Waals surface area contributed by atoms with Gasteiger partial charge in [0.1, 0.15) is 0 Å². The van der Waals surface area contributed by atoms with Crippen LogP contribution in [0.2, 0.25) is 0 Å². The first-order valence-corrected chi connectivity index (χ1v) is 31.5. The van der Waals surface area contributed by atoms with E-state index in [-0.39, 0.29) is 50.2 Å². The minimum Gasteiger partial charge on any atom is -0.334 e. The molecular weight excluding hydrogens is 1000 g/mol. The summed E-state index contributed by atoms with van der Waals surface area (Å²) in [5.41, 5.74) is 31.9. The predicted octanol–water partition coefficient (Wildman–Crippen LogP) is 19.3. The van der Waals surface area contributed by atoms with Gasteiger partial charge in [-0.3, -0.25) is 0 Å². The predicted molar refractivity (Wildman–Crippen MR) is 357 cm³/mol.